The van der Waals surface area contributed by atoms with Crippen LogP contribution in [0.2, 0.25) is 0 Å². The Hall–Kier alpha value is -0.820. The van der Waals surface area contributed by atoms with E-state index in [1.807, 2.05) is 11.3 Å². The van der Waals surface area contributed by atoms with Gasteiger partial charge in [0, 0.05) is 30.1 Å². The minimum atomic E-state index is 0.536. The lowest BCUT2D eigenvalue weighted by atomic mass is 10.0. The summed E-state index contributed by atoms with van der Waals surface area (Å²) in [6.07, 6.45) is 10.3. The summed E-state index contributed by atoms with van der Waals surface area (Å²) in [6.45, 7) is 5.32. The molecule has 1 aliphatic rings. The molecule has 1 fully saturated rings. The molecule has 0 saturated carbocycles. The monoisotopic (exact) mass is 276 g/mol. The minimum Gasteiger partial charge on any atom is -0.306 e. The Labute approximate surface area is 121 Å². The Morgan fingerprint density at radius 3 is 2.89 bits per heavy atom. The van der Waals surface area contributed by atoms with Crippen LogP contribution in [0.25, 0.3) is 0 Å². The van der Waals surface area contributed by atoms with E-state index in [9.17, 15) is 0 Å². The summed E-state index contributed by atoms with van der Waals surface area (Å²) >= 11 is 1.87. The molecule has 0 spiro atoms. The zero-order valence-electron chi connectivity index (χ0n) is 11.8. The summed E-state index contributed by atoms with van der Waals surface area (Å²) in [5.41, 5.74) is 0. The Bertz CT molecular complexity index is 385. The molecule has 104 valence electrons. The van der Waals surface area contributed by atoms with Crippen molar-refractivity contribution >= 4 is 11.3 Å². The molecule has 19 heavy (non-hydrogen) atoms. The molecule has 0 aromatic carbocycles. The molecule has 0 amide bonds. The summed E-state index contributed by atoms with van der Waals surface area (Å²) in [4.78, 5) is 3.85. The average molecular weight is 276 g/mol. The molecule has 1 aromatic rings. The van der Waals surface area contributed by atoms with Gasteiger partial charge in [0.05, 0.1) is 6.54 Å². The SMILES string of the molecule is C#CCN1CCC(NC(CCC)c2cccs2)CC1. The van der Waals surface area contributed by atoms with E-state index in [2.05, 4.69) is 40.6 Å². The van der Waals surface area contributed by atoms with Crippen molar-refractivity contribution in [1.82, 2.24) is 10.2 Å². The number of piperidine rings is 1. The lowest BCUT2D eigenvalue weighted by Crippen LogP contribution is -2.43. The average Bonchev–Trinajstić information content (AvgIpc) is 2.95. The first-order chi connectivity index (χ1) is 9.33. The maximum absolute atomic E-state index is 5.37. The van der Waals surface area contributed by atoms with Gasteiger partial charge in [-0.15, -0.1) is 17.8 Å². The van der Waals surface area contributed by atoms with Crippen LogP contribution in [0.3, 0.4) is 0 Å². The molecule has 1 aromatic heterocycles. The molecule has 0 bridgehead atoms. The van der Waals surface area contributed by atoms with Gasteiger partial charge in [-0.25, -0.2) is 0 Å². The second-order valence-corrected chi connectivity index (χ2v) is 6.26. The van der Waals surface area contributed by atoms with Crippen molar-refractivity contribution in [3.8, 4) is 12.3 Å². The van der Waals surface area contributed by atoms with E-state index in [1.54, 1.807) is 0 Å². The van der Waals surface area contributed by atoms with Crippen LogP contribution in [0.5, 0.6) is 0 Å². The van der Waals surface area contributed by atoms with Gasteiger partial charge in [0.1, 0.15) is 0 Å². The number of terminal acetylenes is 1. The van der Waals surface area contributed by atoms with E-state index in [0.29, 0.717) is 12.1 Å². The number of nitrogens with one attached hydrogen (secondary N) is 1. The highest BCUT2D eigenvalue weighted by Gasteiger charge is 2.22. The molecule has 1 saturated heterocycles. The molecule has 1 unspecified atom stereocenters. The predicted octanol–water partition coefficient (Wildman–Crippen LogP) is 3.28. The highest BCUT2D eigenvalue weighted by molar-refractivity contribution is 7.10. The fourth-order valence-electron chi connectivity index (χ4n) is 2.76. The van der Waals surface area contributed by atoms with Crippen molar-refractivity contribution in [2.45, 2.75) is 44.7 Å². The topological polar surface area (TPSA) is 15.3 Å². The van der Waals surface area contributed by atoms with E-state index in [0.717, 1.165) is 19.6 Å². The Morgan fingerprint density at radius 2 is 2.32 bits per heavy atom. The Kier molecular flexibility index (Phi) is 5.91. The first kappa shape index (κ1) is 14.6. The third kappa shape index (κ3) is 4.35. The van der Waals surface area contributed by atoms with Crippen LogP contribution < -0.4 is 5.32 Å². The molecule has 1 aliphatic heterocycles. The van der Waals surface area contributed by atoms with Gasteiger partial charge in [0.25, 0.3) is 0 Å². The minimum absolute atomic E-state index is 0.536. The lowest BCUT2D eigenvalue weighted by Gasteiger charge is -2.33. The van der Waals surface area contributed by atoms with Crippen LogP contribution in [0.1, 0.15) is 43.5 Å². The fraction of sp³-hybridized carbons (Fsp3) is 0.625. The molecular weight excluding hydrogens is 252 g/mol. The van der Waals surface area contributed by atoms with Crippen molar-refractivity contribution in [3.05, 3.63) is 22.4 Å². The van der Waals surface area contributed by atoms with E-state index >= 15 is 0 Å². The van der Waals surface area contributed by atoms with Crippen molar-refractivity contribution in [3.63, 3.8) is 0 Å². The molecule has 0 radical (unpaired) electrons. The van der Waals surface area contributed by atoms with Crippen molar-refractivity contribution in [2.75, 3.05) is 19.6 Å². The van der Waals surface area contributed by atoms with Crippen LogP contribution in [-0.2, 0) is 0 Å². The highest BCUT2D eigenvalue weighted by Crippen LogP contribution is 2.25. The summed E-state index contributed by atoms with van der Waals surface area (Å²) in [7, 11) is 0. The number of likely N-dealkylation sites (tertiary alicyclic amines) is 1. The highest BCUT2D eigenvalue weighted by atomic mass is 32.1. The van der Waals surface area contributed by atoms with Gasteiger partial charge in [-0.2, -0.15) is 0 Å². The zero-order chi connectivity index (χ0) is 13.5. The van der Waals surface area contributed by atoms with Crippen LogP contribution >= 0.6 is 11.3 Å². The van der Waals surface area contributed by atoms with Gasteiger partial charge < -0.3 is 5.32 Å². The Balaban J connectivity index is 1.84. The van der Waals surface area contributed by atoms with E-state index in [-0.39, 0.29) is 0 Å². The third-order valence-electron chi connectivity index (χ3n) is 3.80. The standard InChI is InChI=1S/C16H24N2S/c1-3-6-15(16-7-5-13-19-16)17-14-8-11-18(10-4-2)12-9-14/h2,5,7,13-15,17H,3,6,8-12H2,1H3. The first-order valence-corrected chi connectivity index (χ1v) is 8.16. The van der Waals surface area contributed by atoms with Gasteiger partial charge in [-0.05, 0) is 30.7 Å². The number of rotatable bonds is 6. The van der Waals surface area contributed by atoms with E-state index < -0.39 is 0 Å². The maximum Gasteiger partial charge on any atom is 0.0598 e. The molecule has 2 nitrogen and oxygen atoms in total. The zero-order valence-corrected chi connectivity index (χ0v) is 12.6. The number of hydrogen-bond donors (Lipinski definition) is 1. The number of thiophene rings is 1. The van der Waals surface area contributed by atoms with Crippen molar-refractivity contribution in [1.29, 1.82) is 0 Å². The van der Waals surface area contributed by atoms with Gasteiger partial charge in [0.15, 0.2) is 0 Å². The van der Waals surface area contributed by atoms with Crippen LogP contribution in [0, 0.1) is 12.3 Å². The molecule has 3 heteroatoms. The number of nitrogens with zero attached hydrogens (tertiary/aromatic N) is 1. The normalized spacial score (nSPS) is 19.2. The number of hydrogen-bond acceptors (Lipinski definition) is 3. The molecule has 0 aliphatic carbocycles. The summed E-state index contributed by atoms with van der Waals surface area (Å²) in [5, 5.41) is 6.03. The second kappa shape index (κ2) is 7.69. The van der Waals surface area contributed by atoms with Crippen LogP contribution in [-0.4, -0.2) is 30.6 Å². The second-order valence-electron chi connectivity index (χ2n) is 5.28. The third-order valence-corrected chi connectivity index (χ3v) is 4.79. The van der Waals surface area contributed by atoms with Crippen LogP contribution in [0.15, 0.2) is 17.5 Å². The molecule has 1 atom stereocenters. The van der Waals surface area contributed by atoms with E-state index in [4.69, 9.17) is 6.42 Å². The van der Waals surface area contributed by atoms with Crippen LogP contribution in [0.4, 0.5) is 0 Å². The molecule has 2 rings (SSSR count). The largest absolute Gasteiger partial charge is 0.306 e. The van der Waals surface area contributed by atoms with Gasteiger partial charge in [0.2, 0.25) is 0 Å². The fourth-order valence-corrected chi connectivity index (χ4v) is 3.58. The van der Waals surface area contributed by atoms with Crippen molar-refractivity contribution in [2.24, 2.45) is 0 Å². The summed E-state index contributed by atoms with van der Waals surface area (Å²) in [6, 6.07) is 5.59. The van der Waals surface area contributed by atoms with Gasteiger partial charge in [-0.1, -0.05) is 25.3 Å². The smallest absolute Gasteiger partial charge is 0.0598 e. The summed E-state index contributed by atoms with van der Waals surface area (Å²) < 4.78 is 0. The maximum atomic E-state index is 5.37. The van der Waals surface area contributed by atoms with Gasteiger partial charge in [-0.3, -0.25) is 4.90 Å². The van der Waals surface area contributed by atoms with Crippen molar-refractivity contribution < 1.29 is 0 Å². The van der Waals surface area contributed by atoms with Gasteiger partial charge >= 0.3 is 0 Å². The summed E-state index contributed by atoms with van der Waals surface area (Å²) in [5.74, 6) is 2.74. The lowest BCUT2D eigenvalue weighted by molar-refractivity contribution is 0.208. The first-order valence-electron chi connectivity index (χ1n) is 7.28. The molecule has 1 N–H and O–H groups in total. The quantitative estimate of drug-likeness (QED) is 0.802. The molecule has 2 heterocycles. The predicted molar refractivity (Wildman–Crippen MR) is 83.4 cm³/mol. The Morgan fingerprint density at radius 1 is 1.53 bits per heavy atom. The molecular formula is C16H24N2S. The van der Waals surface area contributed by atoms with E-state index in [1.165, 1.54) is 30.6 Å².